The summed E-state index contributed by atoms with van der Waals surface area (Å²) in [7, 11) is 0. The zero-order valence-corrected chi connectivity index (χ0v) is 9.10. The molecule has 0 aromatic heterocycles. The molecule has 2 rings (SSSR count). The minimum Gasteiger partial charge on any atom is -0.293 e. The summed E-state index contributed by atoms with van der Waals surface area (Å²) in [4.78, 5) is 5.83. The molecule has 2 aliphatic rings. The van der Waals surface area contributed by atoms with Gasteiger partial charge >= 0.3 is 0 Å². The van der Waals surface area contributed by atoms with E-state index in [9.17, 15) is 0 Å². The summed E-state index contributed by atoms with van der Waals surface area (Å²) in [6.45, 7) is 8.63. The molecule has 1 spiro atoms. The van der Waals surface area contributed by atoms with Crippen LogP contribution >= 0.6 is 0 Å². The second-order valence-electron chi connectivity index (χ2n) is 5.63. The van der Waals surface area contributed by atoms with Crippen molar-refractivity contribution in [1.29, 1.82) is 0 Å². The largest absolute Gasteiger partial charge is 0.293 e. The van der Waals surface area contributed by atoms with E-state index >= 15 is 0 Å². The molecule has 0 unspecified atom stereocenters. The lowest BCUT2D eigenvalue weighted by molar-refractivity contribution is -0.240. The summed E-state index contributed by atoms with van der Waals surface area (Å²) in [6, 6.07) is 0. The Bertz CT molecular complexity index is 181. The number of hydroxylamine groups is 2. The first-order valence-corrected chi connectivity index (χ1v) is 5.43. The number of hydrogen-bond donors (Lipinski definition) is 0. The van der Waals surface area contributed by atoms with Gasteiger partial charge in [-0.05, 0) is 51.9 Å². The Balaban J connectivity index is 1.78. The highest BCUT2D eigenvalue weighted by atomic mass is 16.7. The average molecular weight is 183 g/mol. The predicted molar refractivity (Wildman–Crippen MR) is 53.3 cm³/mol. The van der Waals surface area contributed by atoms with Gasteiger partial charge in [-0.3, -0.25) is 4.84 Å². The molecule has 1 heterocycles. The van der Waals surface area contributed by atoms with Crippen molar-refractivity contribution in [3.05, 3.63) is 0 Å². The van der Waals surface area contributed by atoms with Gasteiger partial charge in [0.25, 0.3) is 0 Å². The van der Waals surface area contributed by atoms with Crippen molar-refractivity contribution >= 4 is 0 Å². The van der Waals surface area contributed by atoms with Crippen LogP contribution in [0.5, 0.6) is 0 Å². The van der Waals surface area contributed by atoms with Gasteiger partial charge in [0, 0.05) is 13.1 Å². The van der Waals surface area contributed by atoms with Gasteiger partial charge in [0.05, 0.1) is 5.60 Å². The molecule has 0 radical (unpaired) electrons. The summed E-state index contributed by atoms with van der Waals surface area (Å²) in [5.41, 5.74) is 0.742. The van der Waals surface area contributed by atoms with E-state index in [1.54, 1.807) is 0 Å². The molecule has 0 aromatic rings. The van der Waals surface area contributed by atoms with Crippen LogP contribution < -0.4 is 0 Å². The summed E-state index contributed by atoms with van der Waals surface area (Å²) in [5.74, 6) is 0. The quantitative estimate of drug-likeness (QED) is 0.619. The zero-order valence-electron chi connectivity index (χ0n) is 9.10. The second kappa shape index (κ2) is 2.96. The van der Waals surface area contributed by atoms with Crippen molar-refractivity contribution < 1.29 is 4.84 Å². The van der Waals surface area contributed by atoms with Gasteiger partial charge in [0.15, 0.2) is 0 Å². The van der Waals surface area contributed by atoms with E-state index in [2.05, 4.69) is 25.8 Å². The third kappa shape index (κ3) is 2.44. The van der Waals surface area contributed by atoms with Crippen molar-refractivity contribution in [2.75, 3.05) is 13.1 Å². The van der Waals surface area contributed by atoms with E-state index in [0.29, 0.717) is 0 Å². The van der Waals surface area contributed by atoms with Crippen LogP contribution in [0, 0.1) is 5.41 Å². The fourth-order valence-electron chi connectivity index (χ4n) is 2.12. The van der Waals surface area contributed by atoms with Crippen molar-refractivity contribution in [1.82, 2.24) is 5.06 Å². The van der Waals surface area contributed by atoms with Gasteiger partial charge in [-0.1, -0.05) is 0 Å². The first-order chi connectivity index (χ1) is 5.99. The lowest BCUT2D eigenvalue weighted by Crippen LogP contribution is -2.40. The average Bonchev–Trinajstić information content (AvgIpc) is 2.73. The van der Waals surface area contributed by atoms with Crippen molar-refractivity contribution in [2.24, 2.45) is 5.41 Å². The van der Waals surface area contributed by atoms with Gasteiger partial charge in [-0.2, -0.15) is 5.06 Å². The van der Waals surface area contributed by atoms with Crippen LogP contribution in [0.25, 0.3) is 0 Å². The molecule has 2 heteroatoms. The Morgan fingerprint density at radius 2 is 1.54 bits per heavy atom. The normalized spacial score (nSPS) is 27.9. The maximum atomic E-state index is 5.83. The summed E-state index contributed by atoms with van der Waals surface area (Å²) < 4.78 is 0. The van der Waals surface area contributed by atoms with E-state index in [1.165, 1.54) is 25.7 Å². The van der Waals surface area contributed by atoms with Crippen LogP contribution in [0.2, 0.25) is 0 Å². The maximum Gasteiger partial charge on any atom is 0.0815 e. The molecule has 2 nitrogen and oxygen atoms in total. The van der Waals surface area contributed by atoms with Crippen LogP contribution in [0.3, 0.4) is 0 Å². The Morgan fingerprint density at radius 3 is 1.92 bits per heavy atom. The molecule has 1 saturated heterocycles. The molecule has 0 bridgehead atoms. The third-order valence-corrected chi connectivity index (χ3v) is 3.14. The monoisotopic (exact) mass is 183 g/mol. The van der Waals surface area contributed by atoms with Crippen LogP contribution in [0.4, 0.5) is 0 Å². The van der Waals surface area contributed by atoms with E-state index in [-0.39, 0.29) is 5.60 Å². The van der Waals surface area contributed by atoms with Crippen LogP contribution in [0.15, 0.2) is 0 Å². The van der Waals surface area contributed by atoms with Crippen molar-refractivity contribution in [3.8, 4) is 0 Å². The molecule has 76 valence electrons. The molecular formula is C11H21NO. The van der Waals surface area contributed by atoms with Gasteiger partial charge in [-0.15, -0.1) is 0 Å². The maximum absolute atomic E-state index is 5.83. The van der Waals surface area contributed by atoms with Gasteiger partial charge < -0.3 is 0 Å². The summed E-state index contributed by atoms with van der Waals surface area (Å²) >= 11 is 0. The van der Waals surface area contributed by atoms with Crippen LogP contribution in [-0.2, 0) is 4.84 Å². The molecule has 2 fully saturated rings. The highest BCUT2D eigenvalue weighted by Crippen LogP contribution is 2.53. The van der Waals surface area contributed by atoms with Crippen molar-refractivity contribution in [3.63, 3.8) is 0 Å². The number of rotatable bonds is 1. The molecule has 0 atom stereocenters. The minimum atomic E-state index is -0.0198. The third-order valence-electron chi connectivity index (χ3n) is 3.14. The van der Waals surface area contributed by atoms with Crippen LogP contribution in [-0.4, -0.2) is 23.8 Å². The first kappa shape index (κ1) is 9.47. The van der Waals surface area contributed by atoms with Gasteiger partial charge in [-0.25, -0.2) is 0 Å². The fourth-order valence-corrected chi connectivity index (χ4v) is 2.12. The molecule has 0 N–H and O–H groups in total. The minimum absolute atomic E-state index is 0.0198. The lowest BCUT2D eigenvalue weighted by atomic mass is 9.95. The SMILES string of the molecule is CC(C)(C)ON1CCC2(CC1)CC2. The molecule has 1 aliphatic carbocycles. The van der Waals surface area contributed by atoms with Gasteiger partial charge in [0.1, 0.15) is 0 Å². The fraction of sp³-hybridized carbons (Fsp3) is 1.00. The molecular weight excluding hydrogens is 162 g/mol. The highest BCUT2D eigenvalue weighted by Gasteiger charge is 2.44. The standard InChI is InChI=1S/C11H21NO/c1-10(2,3)13-12-8-6-11(4-5-11)7-9-12/h4-9H2,1-3H3. The molecule has 0 amide bonds. The van der Waals surface area contributed by atoms with Crippen molar-refractivity contribution in [2.45, 2.75) is 52.1 Å². The second-order valence-corrected chi connectivity index (χ2v) is 5.63. The number of nitrogens with zero attached hydrogens (tertiary/aromatic N) is 1. The summed E-state index contributed by atoms with van der Waals surface area (Å²) in [6.07, 6.45) is 5.64. The summed E-state index contributed by atoms with van der Waals surface area (Å²) in [5, 5.41) is 2.16. The smallest absolute Gasteiger partial charge is 0.0815 e. The number of hydrogen-bond acceptors (Lipinski definition) is 2. The predicted octanol–water partition coefficient (Wildman–Crippen LogP) is 2.59. The van der Waals surface area contributed by atoms with E-state index in [1.807, 2.05) is 0 Å². The Morgan fingerprint density at radius 1 is 1.00 bits per heavy atom. The molecule has 13 heavy (non-hydrogen) atoms. The lowest BCUT2D eigenvalue weighted by Gasteiger charge is -2.35. The van der Waals surface area contributed by atoms with Crippen LogP contribution in [0.1, 0.15) is 46.5 Å². The highest BCUT2D eigenvalue weighted by molar-refractivity contribution is 4.95. The van der Waals surface area contributed by atoms with E-state index in [4.69, 9.17) is 4.84 Å². The molecule has 0 aromatic carbocycles. The Hall–Kier alpha value is -0.0800. The molecule has 1 saturated carbocycles. The number of piperidine rings is 1. The van der Waals surface area contributed by atoms with E-state index in [0.717, 1.165) is 18.5 Å². The molecule has 1 aliphatic heterocycles. The van der Waals surface area contributed by atoms with Gasteiger partial charge in [0.2, 0.25) is 0 Å². The Kier molecular flexibility index (Phi) is 2.16. The Labute approximate surface area is 81.2 Å². The topological polar surface area (TPSA) is 12.5 Å². The zero-order chi connectivity index (χ0) is 9.53. The first-order valence-electron chi connectivity index (χ1n) is 5.43. The van der Waals surface area contributed by atoms with E-state index < -0.39 is 0 Å².